The highest BCUT2D eigenvalue weighted by Gasteiger charge is 2.44. The first-order valence-corrected chi connectivity index (χ1v) is 25.2. The zero-order chi connectivity index (χ0) is 44.3. The zero-order valence-electron chi connectivity index (χ0n) is 39.2. The highest BCUT2D eigenvalue weighted by atomic mass is 16.7. The third kappa shape index (κ3) is 34.3. The Bertz CT molecular complexity index is 1070. The molecule has 0 saturated carbocycles. The van der Waals surface area contributed by atoms with E-state index in [2.05, 4.69) is 62.5 Å². The van der Waals surface area contributed by atoms with E-state index in [4.69, 9.17) is 18.9 Å². The van der Waals surface area contributed by atoms with Crippen LogP contribution in [0.1, 0.15) is 213 Å². The van der Waals surface area contributed by atoms with Gasteiger partial charge >= 0.3 is 5.97 Å². The number of allylic oxidation sites excluding steroid dienone is 8. The van der Waals surface area contributed by atoms with Gasteiger partial charge in [-0.05, 0) is 70.6 Å². The van der Waals surface area contributed by atoms with Gasteiger partial charge in [-0.1, -0.05) is 184 Å². The molecular formula is C52H94O9. The van der Waals surface area contributed by atoms with Gasteiger partial charge in [0.15, 0.2) is 6.29 Å². The molecule has 356 valence electrons. The molecule has 1 heterocycles. The van der Waals surface area contributed by atoms with Crippen molar-refractivity contribution in [3.63, 3.8) is 0 Å². The highest BCUT2D eigenvalue weighted by molar-refractivity contribution is 5.69. The smallest absolute Gasteiger partial charge is 0.306 e. The topological polar surface area (TPSA) is 135 Å². The number of hydrogen-bond donors (Lipinski definition) is 4. The molecule has 1 aliphatic heterocycles. The zero-order valence-corrected chi connectivity index (χ0v) is 39.2. The third-order valence-corrected chi connectivity index (χ3v) is 11.5. The number of ether oxygens (including phenoxy) is 4. The van der Waals surface area contributed by atoms with Crippen molar-refractivity contribution in [1.82, 2.24) is 0 Å². The first kappa shape index (κ1) is 57.2. The fraction of sp³-hybridized carbons (Fsp3) is 0.827. The summed E-state index contributed by atoms with van der Waals surface area (Å²) in [6, 6.07) is 0. The molecular weight excluding hydrogens is 769 g/mol. The molecule has 0 radical (unpaired) electrons. The number of aliphatic hydroxyl groups is 4. The van der Waals surface area contributed by atoms with Crippen LogP contribution in [0.15, 0.2) is 48.6 Å². The fourth-order valence-corrected chi connectivity index (χ4v) is 7.48. The lowest BCUT2D eigenvalue weighted by molar-refractivity contribution is -0.305. The molecule has 0 bridgehead atoms. The summed E-state index contributed by atoms with van der Waals surface area (Å²) in [6.45, 7) is 4.50. The van der Waals surface area contributed by atoms with Gasteiger partial charge in [-0.3, -0.25) is 4.79 Å². The van der Waals surface area contributed by atoms with Crippen molar-refractivity contribution in [2.45, 2.75) is 250 Å². The third-order valence-electron chi connectivity index (χ3n) is 11.5. The van der Waals surface area contributed by atoms with E-state index in [1.807, 2.05) is 0 Å². The van der Waals surface area contributed by atoms with Crippen molar-refractivity contribution in [2.24, 2.45) is 0 Å². The maximum absolute atomic E-state index is 12.8. The average molecular weight is 863 g/mol. The van der Waals surface area contributed by atoms with Gasteiger partial charge in [0.25, 0.3) is 0 Å². The minimum atomic E-state index is -1.54. The summed E-state index contributed by atoms with van der Waals surface area (Å²) in [5, 5.41) is 40.2. The molecule has 0 aromatic carbocycles. The summed E-state index contributed by atoms with van der Waals surface area (Å²) in [4.78, 5) is 12.8. The lowest BCUT2D eigenvalue weighted by Gasteiger charge is -2.39. The van der Waals surface area contributed by atoms with Crippen molar-refractivity contribution in [1.29, 1.82) is 0 Å². The molecule has 0 spiro atoms. The van der Waals surface area contributed by atoms with Gasteiger partial charge in [0, 0.05) is 13.0 Å². The molecule has 6 atom stereocenters. The van der Waals surface area contributed by atoms with Gasteiger partial charge < -0.3 is 39.4 Å². The van der Waals surface area contributed by atoms with E-state index >= 15 is 0 Å². The van der Waals surface area contributed by atoms with Crippen LogP contribution in [0.2, 0.25) is 0 Å². The number of hydrogen-bond acceptors (Lipinski definition) is 9. The normalized spacial score (nSPS) is 20.3. The van der Waals surface area contributed by atoms with Crippen LogP contribution in [0.3, 0.4) is 0 Å². The minimum absolute atomic E-state index is 0.120. The summed E-state index contributed by atoms with van der Waals surface area (Å²) in [6.07, 6.45) is 47.2. The Morgan fingerprint density at radius 2 is 0.967 bits per heavy atom. The van der Waals surface area contributed by atoms with Crippen LogP contribution in [-0.4, -0.2) is 89.6 Å². The van der Waals surface area contributed by atoms with Crippen LogP contribution in [0.25, 0.3) is 0 Å². The Labute approximate surface area is 373 Å². The van der Waals surface area contributed by atoms with E-state index in [1.54, 1.807) is 0 Å². The Kier molecular flexibility index (Phi) is 40.7. The molecule has 4 N–H and O–H groups in total. The molecule has 0 amide bonds. The number of unbranched alkanes of at least 4 members (excludes halogenated alkanes) is 24. The number of rotatable bonds is 43. The molecule has 1 aliphatic rings. The lowest BCUT2D eigenvalue weighted by atomic mass is 9.99. The van der Waals surface area contributed by atoms with Crippen LogP contribution in [-0.2, 0) is 23.7 Å². The van der Waals surface area contributed by atoms with Gasteiger partial charge in [0.05, 0.1) is 19.8 Å². The van der Waals surface area contributed by atoms with Crippen molar-refractivity contribution in [3.8, 4) is 0 Å². The second-order valence-corrected chi connectivity index (χ2v) is 17.3. The monoisotopic (exact) mass is 863 g/mol. The molecule has 1 saturated heterocycles. The predicted octanol–water partition coefficient (Wildman–Crippen LogP) is 12.1. The molecule has 9 heteroatoms. The highest BCUT2D eigenvalue weighted by Crippen LogP contribution is 2.23. The van der Waals surface area contributed by atoms with E-state index in [1.165, 1.54) is 128 Å². The standard InChI is InChI=1S/C52H94O9/c1-3-5-7-9-11-13-15-17-19-20-21-22-23-24-25-26-27-28-30-32-34-36-38-40-42-58-44-46(45-59-52-51(57)50(56)49(55)47(43-53)61-52)60-48(54)41-39-37-35-33-31-29-18-16-14-12-10-8-6-4-2/h10,12,15-18,20-21,46-47,49-53,55-57H,3-9,11,13-14,19,22-45H2,1-2H3/b12-10-,17-15-,18-16-,21-20-. The fourth-order valence-electron chi connectivity index (χ4n) is 7.48. The Balaban J connectivity index is 2.19. The minimum Gasteiger partial charge on any atom is -0.457 e. The first-order valence-electron chi connectivity index (χ1n) is 25.2. The number of carbonyl (C=O) groups excluding carboxylic acids is 1. The first-order chi connectivity index (χ1) is 29.9. The van der Waals surface area contributed by atoms with E-state index in [0.717, 1.165) is 64.2 Å². The van der Waals surface area contributed by atoms with Gasteiger partial charge in [-0.2, -0.15) is 0 Å². The quantitative estimate of drug-likeness (QED) is 0.0268. The van der Waals surface area contributed by atoms with E-state index in [0.29, 0.717) is 13.0 Å². The Morgan fingerprint density at radius 1 is 0.525 bits per heavy atom. The second kappa shape index (κ2) is 43.4. The van der Waals surface area contributed by atoms with Crippen molar-refractivity contribution >= 4 is 5.97 Å². The van der Waals surface area contributed by atoms with Crippen LogP contribution < -0.4 is 0 Å². The number of aliphatic hydroxyl groups excluding tert-OH is 4. The van der Waals surface area contributed by atoms with E-state index in [9.17, 15) is 25.2 Å². The van der Waals surface area contributed by atoms with E-state index < -0.39 is 43.4 Å². The van der Waals surface area contributed by atoms with Gasteiger partial charge in [0.1, 0.15) is 30.5 Å². The summed E-state index contributed by atoms with van der Waals surface area (Å²) in [7, 11) is 0. The number of esters is 1. The van der Waals surface area contributed by atoms with Crippen molar-refractivity contribution in [3.05, 3.63) is 48.6 Å². The Hall–Kier alpha value is -1.85. The molecule has 0 aromatic heterocycles. The molecule has 1 fully saturated rings. The van der Waals surface area contributed by atoms with Crippen molar-refractivity contribution < 1.29 is 44.2 Å². The average Bonchev–Trinajstić information content (AvgIpc) is 3.26. The molecule has 0 aromatic rings. The SMILES string of the molecule is CCCC/C=C\C/C=C\CCCCCCCC(=O)OC(COCCCCCCCCCCCCCC/C=C\C/C=C\CCCCCCC)COC1OC(CO)C(O)C(O)C1O. The van der Waals surface area contributed by atoms with Crippen LogP contribution in [0.5, 0.6) is 0 Å². The Morgan fingerprint density at radius 3 is 1.46 bits per heavy atom. The summed E-state index contributed by atoms with van der Waals surface area (Å²) < 4.78 is 22.9. The molecule has 1 rings (SSSR count). The summed E-state index contributed by atoms with van der Waals surface area (Å²) >= 11 is 0. The number of carbonyl (C=O) groups is 1. The predicted molar refractivity (Wildman–Crippen MR) is 251 cm³/mol. The summed E-state index contributed by atoms with van der Waals surface area (Å²) in [5.74, 6) is -0.328. The maximum Gasteiger partial charge on any atom is 0.306 e. The van der Waals surface area contributed by atoms with E-state index in [-0.39, 0.29) is 19.2 Å². The van der Waals surface area contributed by atoms with Gasteiger partial charge in [0.2, 0.25) is 0 Å². The maximum atomic E-state index is 12.8. The molecule has 0 aliphatic carbocycles. The lowest BCUT2D eigenvalue weighted by Crippen LogP contribution is -2.59. The largest absolute Gasteiger partial charge is 0.457 e. The molecule has 6 unspecified atom stereocenters. The van der Waals surface area contributed by atoms with Crippen LogP contribution in [0, 0.1) is 0 Å². The van der Waals surface area contributed by atoms with Crippen LogP contribution >= 0.6 is 0 Å². The van der Waals surface area contributed by atoms with Gasteiger partial charge in [-0.15, -0.1) is 0 Å². The molecule has 61 heavy (non-hydrogen) atoms. The van der Waals surface area contributed by atoms with Gasteiger partial charge in [-0.25, -0.2) is 0 Å². The summed E-state index contributed by atoms with van der Waals surface area (Å²) in [5.41, 5.74) is 0. The van der Waals surface area contributed by atoms with Crippen LogP contribution in [0.4, 0.5) is 0 Å². The second-order valence-electron chi connectivity index (χ2n) is 17.3. The van der Waals surface area contributed by atoms with Crippen molar-refractivity contribution in [2.75, 3.05) is 26.4 Å². The molecule has 9 nitrogen and oxygen atoms in total.